The topological polar surface area (TPSA) is 46.6 Å². The number of hydrogen-bond donors (Lipinski definition) is 0. The fraction of sp³-hybridized carbons (Fsp3) is 0.500. The van der Waals surface area contributed by atoms with Crippen LogP contribution in [0.25, 0.3) is 0 Å². The van der Waals surface area contributed by atoms with Gasteiger partial charge in [0.1, 0.15) is 11.5 Å². The van der Waals surface area contributed by atoms with E-state index in [0.717, 1.165) is 16.9 Å². The summed E-state index contributed by atoms with van der Waals surface area (Å²) in [5.41, 5.74) is 2.59. The summed E-state index contributed by atoms with van der Waals surface area (Å²) < 4.78 is 5.54. The molecule has 0 N–H and O–H groups in total. The number of hydrogen-bond acceptors (Lipinski definition) is 3. The van der Waals surface area contributed by atoms with Gasteiger partial charge in [-0.1, -0.05) is 0 Å². The number of benzene rings is 1. The van der Waals surface area contributed by atoms with E-state index in [-0.39, 0.29) is 11.7 Å². The molecule has 1 heterocycles. The molecule has 4 heteroatoms. The molecule has 0 saturated carbocycles. The zero-order chi connectivity index (χ0) is 14.7. The van der Waals surface area contributed by atoms with E-state index in [9.17, 15) is 9.59 Å². The Morgan fingerprint density at radius 2 is 1.85 bits per heavy atom. The first-order valence-corrected chi connectivity index (χ1v) is 7.08. The van der Waals surface area contributed by atoms with Crippen molar-refractivity contribution in [3.8, 4) is 5.75 Å². The number of ether oxygens (including phenoxy) is 1. The minimum absolute atomic E-state index is 0.0150. The smallest absolute Gasteiger partial charge is 0.254 e. The summed E-state index contributed by atoms with van der Waals surface area (Å²) in [6, 6.07) is 3.81. The van der Waals surface area contributed by atoms with E-state index in [4.69, 9.17) is 4.74 Å². The second kappa shape index (κ2) is 6.07. The van der Waals surface area contributed by atoms with Gasteiger partial charge in [-0.2, -0.15) is 0 Å². The molecule has 0 aromatic heterocycles. The SMILES string of the molecule is CCOc1cc(C)c(C(=O)N2CCC(=O)CC2)cc1C. The third kappa shape index (κ3) is 3.00. The lowest BCUT2D eigenvalue weighted by Gasteiger charge is -2.27. The molecule has 1 aromatic rings. The Bertz CT molecular complexity index is 527. The molecule has 0 atom stereocenters. The van der Waals surface area contributed by atoms with Gasteiger partial charge in [-0.25, -0.2) is 0 Å². The van der Waals surface area contributed by atoms with Crippen LogP contribution in [0.3, 0.4) is 0 Å². The molecule has 1 amide bonds. The lowest BCUT2D eigenvalue weighted by Crippen LogP contribution is -2.38. The third-order valence-corrected chi connectivity index (χ3v) is 3.66. The van der Waals surface area contributed by atoms with Crippen molar-refractivity contribution in [2.45, 2.75) is 33.6 Å². The number of rotatable bonds is 3. The molecule has 1 aliphatic heterocycles. The Kier molecular flexibility index (Phi) is 4.42. The van der Waals surface area contributed by atoms with Crippen molar-refractivity contribution in [2.75, 3.05) is 19.7 Å². The van der Waals surface area contributed by atoms with Crippen LogP contribution in [0.2, 0.25) is 0 Å². The highest BCUT2D eigenvalue weighted by molar-refractivity contribution is 5.97. The Labute approximate surface area is 119 Å². The first kappa shape index (κ1) is 14.6. The van der Waals surface area contributed by atoms with Crippen LogP contribution in [0.15, 0.2) is 12.1 Å². The number of piperidine rings is 1. The maximum Gasteiger partial charge on any atom is 0.254 e. The molecule has 20 heavy (non-hydrogen) atoms. The molecule has 0 spiro atoms. The molecule has 4 nitrogen and oxygen atoms in total. The van der Waals surface area contributed by atoms with Crippen molar-refractivity contribution < 1.29 is 14.3 Å². The first-order valence-electron chi connectivity index (χ1n) is 7.08. The van der Waals surface area contributed by atoms with Crippen molar-refractivity contribution in [1.29, 1.82) is 0 Å². The van der Waals surface area contributed by atoms with Gasteiger partial charge in [0.05, 0.1) is 6.61 Å². The van der Waals surface area contributed by atoms with E-state index in [0.29, 0.717) is 38.1 Å². The van der Waals surface area contributed by atoms with Gasteiger partial charge >= 0.3 is 0 Å². The molecule has 0 bridgehead atoms. The van der Waals surface area contributed by atoms with Crippen molar-refractivity contribution in [3.05, 3.63) is 28.8 Å². The Balaban J connectivity index is 2.21. The van der Waals surface area contributed by atoms with Crippen LogP contribution in [0.5, 0.6) is 5.75 Å². The van der Waals surface area contributed by atoms with Gasteiger partial charge in [-0.3, -0.25) is 9.59 Å². The second-order valence-electron chi connectivity index (χ2n) is 5.20. The molecule has 108 valence electrons. The van der Waals surface area contributed by atoms with Crippen molar-refractivity contribution in [1.82, 2.24) is 4.90 Å². The summed E-state index contributed by atoms with van der Waals surface area (Å²) in [5, 5.41) is 0. The predicted octanol–water partition coefficient (Wildman–Crippen LogP) is 2.51. The molecule has 2 rings (SSSR count). The summed E-state index contributed by atoms with van der Waals surface area (Å²) in [6.45, 7) is 7.48. The van der Waals surface area contributed by atoms with Crippen LogP contribution in [0.4, 0.5) is 0 Å². The summed E-state index contributed by atoms with van der Waals surface area (Å²) >= 11 is 0. The van der Waals surface area contributed by atoms with E-state index in [1.165, 1.54) is 0 Å². The molecule has 1 saturated heterocycles. The zero-order valence-electron chi connectivity index (χ0n) is 12.4. The van der Waals surface area contributed by atoms with Crippen LogP contribution in [0.1, 0.15) is 41.3 Å². The molecular formula is C16H21NO3. The lowest BCUT2D eigenvalue weighted by atomic mass is 10.0. The van der Waals surface area contributed by atoms with E-state index >= 15 is 0 Å². The Morgan fingerprint density at radius 1 is 1.20 bits per heavy atom. The number of aryl methyl sites for hydroxylation is 2. The van der Waals surface area contributed by atoms with Crippen molar-refractivity contribution in [3.63, 3.8) is 0 Å². The molecule has 1 fully saturated rings. The maximum absolute atomic E-state index is 12.5. The molecule has 0 unspecified atom stereocenters. The van der Waals surface area contributed by atoms with Crippen LogP contribution >= 0.6 is 0 Å². The molecular weight excluding hydrogens is 254 g/mol. The van der Waals surface area contributed by atoms with E-state index in [1.807, 2.05) is 32.9 Å². The summed E-state index contributed by atoms with van der Waals surface area (Å²) in [5.74, 6) is 1.09. The van der Waals surface area contributed by atoms with E-state index < -0.39 is 0 Å². The monoisotopic (exact) mass is 275 g/mol. The normalized spacial score (nSPS) is 15.3. The quantitative estimate of drug-likeness (QED) is 0.851. The lowest BCUT2D eigenvalue weighted by molar-refractivity contribution is -0.120. The highest BCUT2D eigenvalue weighted by Crippen LogP contribution is 2.24. The van der Waals surface area contributed by atoms with E-state index in [1.54, 1.807) is 4.90 Å². The molecule has 0 radical (unpaired) electrons. The molecule has 0 aliphatic carbocycles. The molecule has 1 aliphatic rings. The number of nitrogens with zero attached hydrogens (tertiary/aromatic N) is 1. The highest BCUT2D eigenvalue weighted by atomic mass is 16.5. The summed E-state index contributed by atoms with van der Waals surface area (Å²) in [6.07, 6.45) is 0.946. The van der Waals surface area contributed by atoms with Crippen molar-refractivity contribution >= 4 is 11.7 Å². The van der Waals surface area contributed by atoms with Crippen LogP contribution in [-0.4, -0.2) is 36.3 Å². The number of ketones is 1. The van der Waals surface area contributed by atoms with Gasteiger partial charge < -0.3 is 9.64 Å². The molecule has 1 aromatic carbocycles. The first-order chi connectivity index (χ1) is 9.52. The fourth-order valence-electron chi connectivity index (χ4n) is 2.46. The Morgan fingerprint density at radius 3 is 2.45 bits per heavy atom. The van der Waals surface area contributed by atoms with Crippen molar-refractivity contribution in [2.24, 2.45) is 0 Å². The number of carbonyl (C=O) groups is 2. The number of Topliss-reactive ketones (excluding diaryl/α,β-unsaturated/α-hetero) is 1. The largest absolute Gasteiger partial charge is 0.494 e. The van der Waals surface area contributed by atoms with Gasteiger partial charge in [0, 0.05) is 31.5 Å². The van der Waals surface area contributed by atoms with Crippen LogP contribution in [-0.2, 0) is 4.79 Å². The Hall–Kier alpha value is -1.84. The highest BCUT2D eigenvalue weighted by Gasteiger charge is 2.23. The summed E-state index contributed by atoms with van der Waals surface area (Å²) in [4.78, 5) is 25.5. The predicted molar refractivity (Wildman–Crippen MR) is 77.2 cm³/mol. The zero-order valence-corrected chi connectivity index (χ0v) is 12.4. The number of likely N-dealkylation sites (tertiary alicyclic amines) is 1. The minimum Gasteiger partial charge on any atom is -0.494 e. The number of carbonyl (C=O) groups excluding carboxylic acids is 2. The summed E-state index contributed by atoms with van der Waals surface area (Å²) in [7, 11) is 0. The average Bonchev–Trinajstić information content (AvgIpc) is 2.43. The second-order valence-corrected chi connectivity index (χ2v) is 5.20. The average molecular weight is 275 g/mol. The van der Waals surface area contributed by atoms with E-state index in [2.05, 4.69) is 0 Å². The number of amides is 1. The minimum atomic E-state index is 0.0150. The van der Waals surface area contributed by atoms with Gasteiger partial charge in [0.15, 0.2) is 0 Å². The maximum atomic E-state index is 12.5. The standard InChI is InChI=1S/C16H21NO3/c1-4-20-15-10-11(2)14(9-12(15)3)16(19)17-7-5-13(18)6-8-17/h9-10H,4-8H2,1-3H3. The van der Waals surface area contributed by atoms with Gasteiger partial charge in [-0.15, -0.1) is 0 Å². The van der Waals surface area contributed by atoms with Gasteiger partial charge in [0.25, 0.3) is 5.91 Å². The fourth-order valence-corrected chi connectivity index (χ4v) is 2.46. The van der Waals surface area contributed by atoms with Crippen LogP contribution < -0.4 is 4.74 Å². The van der Waals surface area contributed by atoms with Crippen LogP contribution in [0, 0.1) is 13.8 Å². The third-order valence-electron chi connectivity index (χ3n) is 3.66. The van der Waals surface area contributed by atoms with Gasteiger partial charge in [-0.05, 0) is 44.0 Å². The van der Waals surface area contributed by atoms with Gasteiger partial charge in [0.2, 0.25) is 0 Å².